The highest BCUT2D eigenvalue weighted by molar-refractivity contribution is 8.00. The second-order valence-electron chi connectivity index (χ2n) is 6.03. The number of nitrogens with zero attached hydrogens (tertiary/aromatic N) is 3. The smallest absolute Gasteiger partial charge is 0.128 e. The van der Waals surface area contributed by atoms with Crippen molar-refractivity contribution in [1.29, 1.82) is 0 Å². The van der Waals surface area contributed by atoms with Crippen LogP contribution in [0.1, 0.15) is 23.7 Å². The third kappa shape index (κ3) is 1.75. The van der Waals surface area contributed by atoms with Crippen molar-refractivity contribution >= 4 is 39.9 Å². The zero-order valence-electron chi connectivity index (χ0n) is 12.9. The Labute approximate surface area is 144 Å². The molecule has 3 nitrogen and oxygen atoms in total. The number of para-hydroxylation sites is 1. The predicted octanol–water partition coefficient (Wildman–Crippen LogP) is 4.26. The van der Waals surface area contributed by atoms with Gasteiger partial charge in [0, 0.05) is 41.6 Å². The maximum atomic E-state index is 5.94. The fraction of sp³-hybridized carbons (Fsp3) is 0.278. The lowest BCUT2D eigenvalue weighted by atomic mass is 10.2. The van der Waals surface area contributed by atoms with Crippen LogP contribution in [0.15, 0.2) is 47.5 Å². The Morgan fingerprint density at radius 2 is 2.04 bits per heavy atom. The molecular weight excluding hydrogens is 322 g/mol. The van der Waals surface area contributed by atoms with Crippen LogP contribution in [0.3, 0.4) is 0 Å². The van der Waals surface area contributed by atoms with Crippen LogP contribution in [-0.2, 0) is 13.1 Å². The van der Waals surface area contributed by atoms with E-state index in [9.17, 15) is 0 Å². The summed E-state index contributed by atoms with van der Waals surface area (Å²) in [4.78, 5) is 4.76. The van der Waals surface area contributed by atoms with Crippen molar-refractivity contribution in [2.24, 2.45) is 0 Å². The summed E-state index contributed by atoms with van der Waals surface area (Å²) in [7, 11) is 0. The Kier molecular flexibility index (Phi) is 2.91. The lowest BCUT2D eigenvalue weighted by Gasteiger charge is -2.41. The van der Waals surface area contributed by atoms with Gasteiger partial charge in [-0.2, -0.15) is 0 Å². The minimum absolute atomic E-state index is 0.301. The van der Waals surface area contributed by atoms with Crippen molar-refractivity contribution in [3.05, 3.63) is 54.0 Å². The van der Waals surface area contributed by atoms with Gasteiger partial charge in [-0.3, -0.25) is 0 Å². The zero-order valence-corrected chi connectivity index (χ0v) is 14.5. The second kappa shape index (κ2) is 4.89. The van der Waals surface area contributed by atoms with Gasteiger partial charge in [-0.05, 0) is 25.1 Å². The van der Waals surface area contributed by atoms with Gasteiger partial charge >= 0.3 is 0 Å². The van der Waals surface area contributed by atoms with Gasteiger partial charge in [0.1, 0.15) is 10.4 Å². The van der Waals surface area contributed by atoms with Crippen LogP contribution in [-0.4, -0.2) is 25.6 Å². The Morgan fingerprint density at radius 3 is 2.91 bits per heavy atom. The molecule has 0 radical (unpaired) electrons. The first-order chi connectivity index (χ1) is 11.3. The molecule has 2 aromatic heterocycles. The molecule has 2 aliphatic rings. The highest BCUT2D eigenvalue weighted by Crippen LogP contribution is 2.50. The van der Waals surface area contributed by atoms with Crippen LogP contribution in [0.25, 0.3) is 10.9 Å². The van der Waals surface area contributed by atoms with E-state index >= 15 is 0 Å². The third-order valence-corrected chi connectivity index (χ3v) is 6.71. The van der Waals surface area contributed by atoms with Crippen LogP contribution in [0.4, 0.5) is 0 Å². The van der Waals surface area contributed by atoms with E-state index in [1.165, 1.54) is 27.2 Å². The molecule has 0 saturated carbocycles. The summed E-state index contributed by atoms with van der Waals surface area (Å²) in [6.07, 6.45) is 2.18. The lowest BCUT2D eigenvalue weighted by molar-refractivity contribution is 0.329. The van der Waals surface area contributed by atoms with Crippen molar-refractivity contribution in [3.8, 4) is 0 Å². The highest BCUT2D eigenvalue weighted by atomic mass is 32.2. The number of fused-ring (bicyclic) bond motifs is 6. The summed E-state index contributed by atoms with van der Waals surface area (Å²) < 4.78 is 4.74. The molecule has 0 saturated heterocycles. The molecule has 3 aromatic rings. The average Bonchev–Trinajstić information content (AvgIpc) is 3.17. The van der Waals surface area contributed by atoms with E-state index in [1.54, 1.807) is 0 Å². The molecule has 1 atom stereocenters. The maximum absolute atomic E-state index is 5.94. The van der Waals surface area contributed by atoms with E-state index in [1.807, 2.05) is 11.8 Å². The molecule has 2 aliphatic heterocycles. The Hall–Kier alpha value is -1.72. The summed E-state index contributed by atoms with van der Waals surface area (Å²) >= 11 is 7.89. The molecule has 0 bridgehead atoms. The molecule has 23 heavy (non-hydrogen) atoms. The molecule has 4 heterocycles. The van der Waals surface area contributed by atoms with Gasteiger partial charge in [0.05, 0.1) is 11.4 Å². The van der Waals surface area contributed by atoms with Crippen molar-refractivity contribution in [2.45, 2.75) is 30.3 Å². The summed E-state index contributed by atoms with van der Waals surface area (Å²) in [6, 6.07) is 13.1. The van der Waals surface area contributed by atoms with Crippen LogP contribution in [0, 0.1) is 0 Å². The van der Waals surface area contributed by atoms with Gasteiger partial charge in [0.25, 0.3) is 0 Å². The molecule has 0 amide bonds. The molecule has 5 heteroatoms. The summed E-state index contributed by atoms with van der Waals surface area (Å²) in [5.74, 6) is 0. The van der Waals surface area contributed by atoms with Crippen molar-refractivity contribution in [2.75, 3.05) is 6.54 Å². The first-order valence-electron chi connectivity index (χ1n) is 8.03. The number of thiocarbonyl (C=S) groups is 1. The van der Waals surface area contributed by atoms with Crippen LogP contribution >= 0.6 is 24.0 Å². The van der Waals surface area contributed by atoms with Crippen LogP contribution < -0.4 is 0 Å². The summed E-state index contributed by atoms with van der Waals surface area (Å²) in [5.41, 5.74) is 3.90. The number of aromatic nitrogens is 2. The van der Waals surface area contributed by atoms with E-state index in [0.29, 0.717) is 5.37 Å². The van der Waals surface area contributed by atoms with Gasteiger partial charge < -0.3 is 14.0 Å². The molecular formula is C18H17N3S2. The second-order valence-corrected chi connectivity index (χ2v) is 7.51. The lowest BCUT2D eigenvalue weighted by Crippen LogP contribution is -2.43. The highest BCUT2D eigenvalue weighted by Gasteiger charge is 2.38. The van der Waals surface area contributed by atoms with E-state index in [-0.39, 0.29) is 0 Å². The van der Waals surface area contributed by atoms with Crippen molar-refractivity contribution in [1.82, 2.24) is 14.0 Å². The minimum atomic E-state index is 0.301. The molecule has 0 N–H and O–H groups in total. The fourth-order valence-electron chi connectivity index (χ4n) is 3.86. The monoisotopic (exact) mass is 339 g/mol. The number of aryl methyl sites for hydroxylation is 1. The Balaban J connectivity index is 1.77. The average molecular weight is 339 g/mol. The van der Waals surface area contributed by atoms with Crippen molar-refractivity contribution in [3.63, 3.8) is 0 Å². The van der Waals surface area contributed by atoms with E-state index in [4.69, 9.17) is 12.2 Å². The van der Waals surface area contributed by atoms with Crippen LogP contribution in [0.5, 0.6) is 0 Å². The molecule has 0 fully saturated rings. The van der Waals surface area contributed by atoms with Gasteiger partial charge in [-0.1, -0.05) is 42.2 Å². The van der Waals surface area contributed by atoms with Gasteiger partial charge in [-0.25, -0.2) is 0 Å². The molecule has 1 unspecified atom stereocenters. The summed E-state index contributed by atoms with van der Waals surface area (Å²) in [5, 5.41) is 1.63. The normalized spacial score (nSPS) is 19.6. The van der Waals surface area contributed by atoms with E-state index < -0.39 is 0 Å². The van der Waals surface area contributed by atoms with Crippen LogP contribution in [0.2, 0.25) is 0 Å². The first-order valence-corrected chi connectivity index (χ1v) is 9.32. The minimum Gasteiger partial charge on any atom is -0.347 e. The molecule has 0 spiro atoms. The molecule has 0 aliphatic carbocycles. The predicted molar refractivity (Wildman–Crippen MR) is 99.0 cm³/mol. The first kappa shape index (κ1) is 13.7. The Morgan fingerprint density at radius 1 is 1.17 bits per heavy atom. The molecule has 1 aromatic carbocycles. The topological polar surface area (TPSA) is 13.1 Å². The summed E-state index contributed by atoms with van der Waals surface area (Å²) in [6.45, 7) is 5.16. The molecule has 5 rings (SSSR count). The number of thioether (sulfide) groups is 1. The van der Waals surface area contributed by atoms with E-state index in [0.717, 1.165) is 24.6 Å². The quantitative estimate of drug-likeness (QED) is 0.615. The van der Waals surface area contributed by atoms with Gasteiger partial charge in [0.2, 0.25) is 0 Å². The SMILES string of the molecule is CCn1c2c(c3ccccc31)SC1c3cccn3CCN1C2=S. The standard InChI is InChI=1S/C18H17N3S2/c1-2-20-13-7-4-3-6-12(13)16-15(20)17(22)21-11-10-19-9-5-8-14(19)18(21)23-16/h3-9,18H,2,10-11H2,1H3. The largest absolute Gasteiger partial charge is 0.347 e. The fourth-order valence-corrected chi connectivity index (χ4v) is 5.91. The van der Waals surface area contributed by atoms with E-state index in [2.05, 4.69) is 63.6 Å². The Bertz CT molecular complexity index is 937. The number of benzene rings is 1. The van der Waals surface area contributed by atoms with Gasteiger partial charge in [-0.15, -0.1) is 0 Å². The number of hydrogen-bond acceptors (Lipinski definition) is 2. The van der Waals surface area contributed by atoms with Crippen molar-refractivity contribution < 1.29 is 0 Å². The molecule has 116 valence electrons. The zero-order chi connectivity index (χ0) is 15.6. The third-order valence-electron chi connectivity index (χ3n) is 4.92. The maximum Gasteiger partial charge on any atom is 0.128 e. The number of rotatable bonds is 1. The number of hydrogen-bond donors (Lipinski definition) is 0. The van der Waals surface area contributed by atoms with Gasteiger partial charge in [0.15, 0.2) is 0 Å².